The molecule has 1 saturated heterocycles. The molecule has 27 heavy (non-hydrogen) atoms. The summed E-state index contributed by atoms with van der Waals surface area (Å²) in [4.78, 5) is 8.99. The van der Waals surface area contributed by atoms with Crippen LogP contribution in [0.5, 0.6) is 0 Å². The van der Waals surface area contributed by atoms with Gasteiger partial charge in [0.15, 0.2) is 0 Å². The molecule has 1 unspecified atom stereocenters. The summed E-state index contributed by atoms with van der Waals surface area (Å²) in [6.45, 7) is 0.828. The summed E-state index contributed by atoms with van der Waals surface area (Å²) in [5.74, 6) is 1.58. The average molecular weight is 363 g/mol. The SMILES string of the molecule is c1ccc(-c2cc(NC3CCOC4(CCCCC4)C3)n3ncnc3n2)cc1. The highest BCUT2D eigenvalue weighted by molar-refractivity contribution is 5.65. The minimum atomic E-state index is 0.0743. The molecule has 0 amide bonds. The molecule has 1 aromatic carbocycles. The lowest BCUT2D eigenvalue weighted by molar-refractivity contribution is -0.103. The van der Waals surface area contributed by atoms with Gasteiger partial charge in [0.05, 0.1) is 11.3 Å². The Bertz CT molecular complexity index is 911. The summed E-state index contributed by atoms with van der Waals surface area (Å²) >= 11 is 0. The zero-order valence-corrected chi connectivity index (χ0v) is 15.5. The second-order valence-electron chi connectivity index (χ2n) is 7.79. The highest BCUT2D eigenvalue weighted by Crippen LogP contribution is 2.39. The Morgan fingerprint density at radius 2 is 1.96 bits per heavy atom. The first-order valence-electron chi connectivity index (χ1n) is 9.98. The van der Waals surface area contributed by atoms with Crippen LogP contribution in [-0.4, -0.2) is 37.8 Å². The molecule has 1 spiro atoms. The third-order valence-electron chi connectivity index (χ3n) is 5.93. The number of ether oxygens (including phenoxy) is 1. The van der Waals surface area contributed by atoms with Gasteiger partial charge in [0, 0.05) is 24.3 Å². The predicted octanol–water partition coefficient (Wildman–Crippen LogP) is 4.09. The highest BCUT2D eigenvalue weighted by Gasteiger charge is 2.38. The van der Waals surface area contributed by atoms with E-state index < -0.39 is 0 Å². The summed E-state index contributed by atoms with van der Waals surface area (Å²) in [7, 11) is 0. The fourth-order valence-corrected chi connectivity index (χ4v) is 4.58. The van der Waals surface area contributed by atoms with Gasteiger partial charge in [-0.15, -0.1) is 0 Å². The summed E-state index contributed by atoms with van der Waals surface area (Å²) in [5, 5.41) is 8.10. The molecule has 3 heterocycles. The van der Waals surface area contributed by atoms with Crippen molar-refractivity contribution in [2.45, 2.75) is 56.6 Å². The molecule has 140 valence electrons. The van der Waals surface area contributed by atoms with E-state index in [0.717, 1.165) is 36.5 Å². The van der Waals surface area contributed by atoms with Gasteiger partial charge in [0.2, 0.25) is 0 Å². The second-order valence-corrected chi connectivity index (χ2v) is 7.79. The fourth-order valence-electron chi connectivity index (χ4n) is 4.58. The molecule has 6 nitrogen and oxygen atoms in total. The number of benzene rings is 1. The van der Waals surface area contributed by atoms with Crippen LogP contribution in [0.15, 0.2) is 42.7 Å². The van der Waals surface area contributed by atoms with E-state index in [0.29, 0.717) is 11.8 Å². The molecule has 0 bridgehead atoms. The zero-order valence-electron chi connectivity index (χ0n) is 15.5. The van der Waals surface area contributed by atoms with Gasteiger partial charge in [-0.2, -0.15) is 14.6 Å². The quantitative estimate of drug-likeness (QED) is 0.759. The van der Waals surface area contributed by atoms with E-state index in [1.807, 2.05) is 18.2 Å². The molecule has 6 heteroatoms. The first-order valence-corrected chi connectivity index (χ1v) is 9.98. The number of hydrogen-bond donors (Lipinski definition) is 1. The van der Waals surface area contributed by atoms with E-state index in [9.17, 15) is 0 Å². The van der Waals surface area contributed by atoms with Crippen LogP contribution in [0.3, 0.4) is 0 Å². The molecule has 1 atom stereocenters. The van der Waals surface area contributed by atoms with Crippen molar-refractivity contribution >= 4 is 11.6 Å². The molecule has 3 aromatic rings. The van der Waals surface area contributed by atoms with Gasteiger partial charge >= 0.3 is 0 Å². The molecule has 2 aromatic heterocycles. The number of rotatable bonds is 3. The van der Waals surface area contributed by atoms with Crippen molar-refractivity contribution in [3.8, 4) is 11.3 Å². The van der Waals surface area contributed by atoms with Crippen molar-refractivity contribution in [2.75, 3.05) is 11.9 Å². The summed E-state index contributed by atoms with van der Waals surface area (Å²) < 4.78 is 8.05. The van der Waals surface area contributed by atoms with Gasteiger partial charge in [-0.3, -0.25) is 0 Å². The zero-order chi connectivity index (χ0) is 18.1. The van der Waals surface area contributed by atoms with E-state index in [-0.39, 0.29) is 5.60 Å². The molecule has 1 N–H and O–H groups in total. The minimum Gasteiger partial charge on any atom is -0.375 e. The first-order chi connectivity index (χ1) is 13.3. The smallest absolute Gasteiger partial charge is 0.254 e. The van der Waals surface area contributed by atoms with Crippen LogP contribution < -0.4 is 5.32 Å². The summed E-state index contributed by atoms with van der Waals surface area (Å²) in [6.07, 6.45) is 9.93. The van der Waals surface area contributed by atoms with Gasteiger partial charge < -0.3 is 10.1 Å². The van der Waals surface area contributed by atoms with Crippen LogP contribution >= 0.6 is 0 Å². The van der Waals surface area contributed by atoms with E-state index in [4.69, 9.17) is 4.74 Å². The lowest BCUT2D eigenvalue weighted by Crippen LogP contribution is -2.45. The van der Waals surface area contributed by atoms with Crippen molar-refractivity contribution in [3.63, 3.8) is 0 Å². The summed E-state index contributed by atoms with van der Waals surface area (Å²) in [6, 6.07) is 12.7. The number of nitrogens with zero attached hydrogens (tertiary/aromatic N) is 4. The van der Waals surface area contributed by atoms with Crippen LogP contribution in [0.2, 0.25) is 0 Å². The van der Waals surface area contributed by atoms with Crippen molar-refractivity contribution in [3.05, 3.63) is 42.7 Å². The van der Waals surface area contributed by atoms with Crippen LogP contribution in [0.25, 0.3) is 17.0 Å². The lowest BCUT2D eigenvalue weighted by atomic mass is 9.78. The van der Waals surface area contributed by atoms with Crippen molar-refractivity contribution in [2.24, 2.45) is 0 Å². The van der Waals surface area contributed by atoms with E-state index in [2.05, 4.69) is 38.6 Å². The minimum absolute atomic E-state index is 0.0743. The normalized spacial score (nSPS) is 22.1. The molecule has 1 saturated carbocycles. The van der Waals surface area contributed by atoms with E-state index in [1.54, 1.807) is 10.8 Å². The molecule has 5 rings (SSSR count). The van der Waals surface area contributed by atoms with Crippen LogP contribution in [0, 0.1) is 0 Å². The lowest BCUT2D eigenvalue weighted by Gasteiger charge is -2.43. The van der Waals surface area contributed by atoms with Gasteiger partial charge in [0.1, 0.15) is 12.1 Å². The summed E-state index contributed by atoms with van der Waals surface area (Å²) in [5.41, 5.74) is 2.07. The van der Waals surface area contributed by atoms with Gasteiger partial charge in [-0.05, 0) is 25.7 Å². The molecule has 0 radical (unpaired) electrons. The monoisotopic (exact) mass is 363 g/mol. The van der Waals surface area contributed by atoms with Crippen molar-refractivity contribution < 1.29 is 4.74 Å². The topological polar surface area (TPSA) is 64.3 Å². The molecular weight excluding hydrogens is 338 g/mol. The first kappa shape index (κ1) is 16.7. The Morgan fingerprint density at radius 3 is 2.81 bits per heavy atom. The third kappa shape index (κ3) is 3.30. The molecule has 1 aliphatic heterocycles. The maximum absolute atomic E-state index is 6.25. The molecule has 2 fully saturated rings. The fraction of sp³-hybridized carbons (Fsp3) is 0.476. The van der Waals surface area contributed by atoms with Crippen molar-refractivity contribution in [1.82, 2.24) is 19.6 Å². The Morgan fingerprint density at radius 1 is 1.11 bits per heavy atom. The van der Waals surface area contributed by atoms with Gasteiger partial charge in [-0.1, -0.05) is 49.6 Å². The molecule has 2 aliphatic rings. The van der Waals surface area contributed by atoms with E-state index in [1.165, 1.54) is 32.1 Å². The van der Waals surface area contributed by atoms with Crippen LogP contribution in [0.4, 0.5) is 5.82 Å². The molecular formula is C21H25N5O. The number of anilines is 1. The number of hydrogen-bond acceptors (Lipinski definition) is 5. The number of fused-ring (bicyclic) bond motifs is 1. The highest BCUT2D eigenvalue weighted by atomic mass is 16.5. The molecule has 1 aliphatic carbocycles. The van der Waals surface area contributed by atoms with Crippen LogP contribution in [0.1, 0.15) is 44.9 Å². The maximum atomic E-state index is 6.25. The number of aromatic nitrogens is 4. The van der Waals surface area contributed by atoms with Gasteiger partial charge in [-0.25, -0.2) is 4.98 Å². The largest absolute Gasteiger partial charge is 0.375 e. The Balaban J connectivity index is 1.45. The Hall–Kier alpha value is -2.47. The standard InChI is InChI=1S/C21H25N5O/c1-3-7-16(8-4-1)18-13-19(26-20(25-18)22-15-23-26)24-17-9-12-27-21(14-17)10-5-2-6-11-21/h1,3-4,7-8,13,15,17,24H,2,5-6,9-12,14H2. The number of nitrogens with one attached hydrogen (secondary N) is 1. The van der Waals surface area contributed by atoms with E-state index >= 15 is 0 Å². The Kier molecular flexibility index (Phi) is 4.28. The predicted molar refractivity (Wildman–Crippen MR) is 105 cm³/mol. The van der Waals surface area contributed by atoms with Crippen molar-refractivity contribution in [1.29, 1.82) is 0 Å². The third-order valence-corrected chi connectivity index (χ3v) is 5.93. The average Bonchev–Trinajstić information content (AvgIpc) is 3.18. The van der Waals surface area contributed by atoms with Crippen LogP contribution in [-0.2, 0) is 4.74 Å². The second kappa shape index (κ2) is 6.93. The maximum Gasteiger partial charge on any atom is 0.254 e. The Labute approximate surface area is 159 Å². The van der Waals surface area contributed by atoms with Gasteiger partial charge in [0.25, 0.3) is 5.78 Å².